The van der Waals surface area contributed by atoms with E-state index in [1.54, 1.807) is 36.4 Å². The van der Waals surface area contributed by atoms with Crippen LogP contribution >= 0.6 is 7.60 Å². The van der Waals surface area contributed by atoms with Crippen molar-refractivity contribution in [2.24, 2.45) is 0 Å². The molecular formula is C20H22NO9P. The van der Waals surface area contributed by atoms with Crippen LogP contribution in [-0.2, 0) is 27.9 Å². The van der Waals surface area contributed by atoms with E-state index >= 15 is 0 Å². The molecule has 0 aliphatic carbocycles. The molecule has 2 rings (SSSR count). The maximum Gasteiger partial charge on any atom is 0.340 e. The molecule has 0 aromatic heterocycles. The Balaban J connectivity index is 1.89. The number of amides is 1. The van der Waals surface area contributed by atoms with Crippen molar-refractivity contribution in [3.05, 3.63) is 71.8 Å². The van der Waals surface area contributed by atoms with Crippen LogP contribution < -0.4 is 5.48 Å². The van der Waals surface area contributed by atoms with Gasteiger partial charge >= 0.3 is 19.5 Å². The summed E-state index contributed by atoms with van der Waals surface area (Å²) in [7, 11) is -3.90. The van der Waals surface area contributed by atoms with Crippen LogP contribution in [0.4, 0.5) is 0 Å². The van der Waals surface area contributed by atoms with E-state index in [2.05, 4.69) is 0 Å². The first-order valence-electron chi connectivity index (χ1n) is 9.19. The molecule has 2 aromatic rings. The standard InChI is InChI=1S/C20H22NO9P/c22-18(21-25)12-7-13-31(26,29-14-27-19(23)16-8-3-1-4-9-16)30-15-28-20(24)17-10-5-2-6-11-17/h1-6,8-11,25H,7,12-15H2,(H,21,22). The average molecular weight is 451 g/mol. The molecule has 2 aromatic carbocycles. The summed E-state index contributed by atoms with van der Waals surface area (Å²) < 4.78 is 33.0. The minimum absolute atomic E-state index is 0.0307. The number of esters is 2. The molecule has 0 atom stereocenters. The van der Waals surface area contributed by atoms with Crippen LogP contribution in [-0.4, -0.2) is 42.8 Å². The van der Waals surface area contributed by atoms with Crippen molar-refractivity contribution in [2.45, 2.75) is 12.8 Å². The molecule has 1 amide bonds. The lowest BCUT2D eigenvalue weighted by Gasteiger charge is -2.18. The Bertz CT molecular complexity index is 844. The first kappa shape index (κ1) is 24.2. The summed E-state index contributed by atoms with van der Waals surface area (Å²) in [5, 5.41) is 8.54. The molecule has 31 heavy (non-hydrogen) atoms. The summed E-state index contributed by atoms with van der Waals surface area (Å²) in [6.45, 7) is -1.35. The Labute approximate surface area is 178 Å². The van der Waals surface area contributed by atoms with Crippen molar-refractivity contribution < 1.29 is 42.7 Å². The smallest absolute Gasteiger partial charge is 0.340 e. The molecule has 0 radical (unpaired) electrons. The molecule has 0 saturated heterocycles. The molecular weight excluding hydrogens is 429 g/mol. The predicted molar refractivity (Wildman–Crippen MR) is 107 cm³/mol. The van der Waals surface area contributed by atoms with Crippen molar-refractivity contribution >= 4 is 25.4 Å². The molecule has 0 saturated carbocycles. The zero-order valence-electron chi connectivity index (χ0n) is 16.5. The van der Waals surface area contributed by atoms with Gasteiger partial charge < -0.3 is 9.47 Å². The average Bonchev–Trinajstić information content (AvgIpc) is 2.80. The molecule has 0 bridgehead atoms. The van der Waals surface area contributed by atoms with Gasteiger partial charge in [-0.15, -0.1) is 0 Å². The second-order valence-corrected chi connectivity index (χ2v) is 8.25. The maximum atomic E-state index is 12.9. The van der Waals surface area contributed by atoms with Crippen molar-refractivity contribution in [2.75, 3.05) is 19.7 Å². The van der Waals surface area contributed by atoms with Crippen molar-refractivity contribution in [1.82, 2.24) is 5.48 Å². The third kappa shape index (κ3) is 8.69. The minimum Gasteiger partial charge on any atom is -0.434 e. The van der Waals surface area contributed by atoms with Crippen molar-refractivity contribution in [3.8, 4) is 0 Å². The number of benzene rings is 2. The molecule has 0 aliphatic heterocycles. The van der Waals surface area contributed by atoms with Gasteiger partial charge in [0, 0.05) is 6.42 Å². The fraction of sp³-hybridized carbons (Fsp3) is 0.250. The predicted octanol–water partition coefficient (Wildman–Crippen LogP) is 3.13. The minimum atomic E-state index is -3.90. The second-order valence-electron chi connectivity index (χ2n) is 6.06. The lowest BCUT2D eigenvalue weighted by Crippen LogP contribution is -2.18. The van der Waals surface area contributed by atoms with E-state index in [1.807, 2.05) is 0 Å². The van der Waals surface area contributed by atoms with Gasteiger partial charge in [-0.3, -0.25) is 23.6 Å². The van der Waals surface area contributed by atoms with Crippen LogP contribution in [0.15, 0.2) is 60.7 Å². The summed E-state index contributed by atoms with van der Waals surface area (Å²) >= 11 is 0. The molecule has 10 nitrogen and oxygen atoms in total. The highest BCUT2D eigenvalue weighted by Crippen LogP contribution is 2.49. The van der Waals surface area contributed by atoms with Gasteiger partial charge in [0.2, 0.25) is 19.5 Å². The molecule has 0 spiro atoms. The number of hydroxylamine groups is 1. The Morgan fingerprint density at radius 2 is 1.26 bits per heavy atom. The van der Waals surface area contributed by atoms with Gasteiger partial charge in [0.1, 0.15) is 0 Å². The molecule has 11 heteroatoms. The van der Waals surface area contributed by atoms with Crippen molar-refractivity contribution in [3.63, 3.8) is 0 Å². The first-order valence-corrected chi connectivity index (χ1v) is 10.9. The van der Waals surface area contributed by atoms with Crippen LogP contribution in [0, 0.1) is 0 Å². The maximum absolute atomic E-state index is 12.9. The van der Waals surface area contributed by atoms with E-state index < -0.39 is 39.0 Å². The fourth-order valence-corrected chi connectivity index (χ4v) is 3.60. The second kappa shape index (κ2) is 12.6. The first-order chi connectivity index (χ1) is 14.9. The fourth-order valence-electron chi connectivity index (χ4n) is 2.29. The highest BCUT2D eigenvalue weighted by Gasteiger charge is 2.26. The number of hydrogen-bond acceptors (Lipinski definition) is 9. The summed E-state index contributed by atoms with van der Waals surface area (Å²) in [5.41, 5.74) is 2.01. The zero-order valence-corrected chi connectivity index (χ0v) is 17.4. The molecule has 166 valence electrons. The van der Waals surface area contributed by atoms with Gasteiger partial charge in [-0.25, -0.2) is 15.1 Å². The molecule has 0 fully saturated rings. The van der Waals surface area contributed by atoms with Crippen LogP contribution in [0.2, 0.25) is 0 Å². The Morgan fingerprint density at radius 3 is 1.68 bits per heavy atom. The summed E-state index contributed by atoms with van der Waals surface area (Å²) in [4.78, 5) is 35.0. The van der Waals surface area contributed by atoms with Gasteiger partial charge in [-0.1, -0.05) is 36.4 Å². The third-order valence-corrected chi connectivity index (χ3v) is 5.72. The van der Waals surface area contributed by atoms with Gasteiger partial charge in [0.15, 0.2) is 0 Å². The van der Waals surface area contributed by atoms with Crippen LogP contribution in [0.5, 0.6) is 0 Å². The van der Waals surface area contributed by atoms with Gasteiger partial charge in [0.25, 0.3) is 0 Å². The van der Waals surface area contributed by atoms with E-state index in [-0.39, 0.29) is 30.1 Å². The van der Waals surface area contributed by atoms with Crippen LogP contribution in [0.3, 0.4) is 0 Å². The number of carbonyl (C=O) groups is 3. The topological polar surface area (TPSA) is 137 Å². The summed E-state index contributed by atoms with van der Waals surface area (Å²) in [5.74, 6) is -2.07. The lowest BCUT2D eigenvalue weighted by atomic mass is 10.2. The van der Waals surface area contributed by atoms with E-state index in [1.165, 1.54) is 29.7 Å². The number of ether oxygens (including phenoxy) is 2. The highest BCUT2D eigenvalue weighted by atomic mass is 31.2. The van der Waals surface area contributed by atoms with Gasteiger partial charge in [0.05, 0.1) is 17.3 Å². The van der Waals surface area contributed by atoms with Gasteiger partial charge in [-0.2, -0.15) is 0 Å². The molecule has 0 unspecified atom stereocenters. The summed E-state index contributed by atoms with van der Waals surface area (Å²) in [6, 6.07) is 16.2. The molecule has 0 heterocycles. The zero-order chi connectivity index (χ0) is 22.5. The largest absolute Gasteiger partial charge is 0.434 e. The lowest BCUT2D eigenvalue weighted by molar-refractivity contribution is -0.129. The Morgan fingerprint density at radius 1 is 0.806 bits per heavy atom. The molecule has 0 aliphatic rings. The van der Waals surface area contributed by atoms with Crippen LogP contribution in [0.1, 0.15) is 33.6 Å². The van der Waals surface area contributed by atoms with E-state index in [0.29, 0.717) is 0 Å². The number of nitrogens with one attached hydrogen (secondary N) is 1. The summed E-state index contributed by atoms with van der Waals surface area (Å²) in [6.07, 6.45) is -0.365. The number of carbonyl (C=O) groups excluding carboxylic acids is 3. The van der Waals surface area contributed by atoms with Crippen molar-refractivity contribution in [1.29, 1.82) is 0 Å². The van der Waals surface area contributed by atoms with E-state index in [0.717, 1.165) is 0 Å². The number of rotatable bonds is 12. The molecule has 2 N–H and O–H groups in total. The Hall–Kier alpha value is -3.04. The Kier molecular flexibility index (Phi) is 9.86. The van der Waals surface area contributed by atoms with Gasteiger partial charge in [-0.05, 0) is 30.7 Å². The monoisotopic (exact) mass is 451 g/mol. The van der Waals surface area contributed by atoms with E-state index in [9.17, 15) is 18.9 Å². The number of hydrogen-bond donors (Lipinski definition) is 2. The SMILES string of the molecule is O=C(CCCP(=O)(OCOC(=O)c1ccccc1)OCOC(=O)c1ccccc1)NO. The van der Waals surface area contributed by atoms with Crippen LogP contribution in [0.25, 0.3) is 0 Å². The normalized spacial score (nSPS) is 10.9. The van der Waals surface area contributed by atoms with E-state index in [4.69, 9.17) is 23.7 Å². The highest BCUT2D eigenvalue weighted by molar-refractivity contribution is 7.53. The third-order valence-electron chi connectivity index (χ3n) is 3.86. The quantitative estimate of drug-likeness (QED) is 0.164.